The van der Waals surface area contributed by atoms with Crippen LogP contribution in [-0.4, -0.2) is 20.2 Å². The molecule has 0 aliphatic carbocycles. The molecule has 0 aliphatic rings. The molecule has 1 aromatic carbocycles. The van der Waals surface area contributed by atoms with Crippen molar-refractivity contribution in [2.24, 2.45) is 0 Å². The Kier molecular flexibility index (Phi) is 3.98. The lowest BCUT2D eigenvalue weighted by atomic mass is 10.1. The molecule has 0 aliphatic heterocycles. The standard InChI is InChI=1S/C15H15N5O2S/c1-10-4-6-11(7-5-10)12(21)9-19-15(23)20(14(16)18-19)17-13-3-2-8-22-13/h2-8,17H,9H2,1H3,(H2,16,18). The maximum Gasteiger partial charge on any atom is 0.240 e. The van der Waals surface area contributed by atoms with Gasteiger partial charge >= 0.3 is 0 Å². The SMILES string of the molecule is Cc1ccc(C(=O)Cn2nc(N)n(Nc3ccco3)c2=S)cc1. The zero-order valence-electron chi connectivity index (χ0n) is 12.4. The van der Waals surface area contributed by atoms with E-state index in [4.69, 9.17) is 22.4 Å². The van der Waals surface area contributed by atoms with E-state index in [1.54, 1.807) is 24.3 Å². The normalized spacial score (nSPS) is 10.7. The minimum absolute atomic E-state index is 0.0128. The number of aryl methyl sites for hydroxylation is 1. The van der Waals surface area contributed by atoms with E-state index in [9.17, 15) is 4.79 Å². The number of nitrogens with two attached hydrogens (primary N) is 1. The van der Waals surface area contributed by atoms with E-state index in [1.165, 1.54) is 15.6 Å². The molecule has 0 radical (unpaired) electrons. The smallest absolute Gasteiger partial charge is 0.240 e. The number of hydrogen-bond acceptors (Lipinski definition) is 6. The molecular formula is C15H15N5O2S. The van der Waals surface area contributed by atoms with Crippen LogP contribution in [0.4, 0.5) is 11.8 Å². The van der Waals surface area contributed by atoms with Gasteiger partial charge in [0.15, 0.2) is 5.78 Å². The van der Waals surface area contributed by atoms with Gasteiger partial charge in [0.05, 0.1) is 6.26 Å². The Morgan fingerprint density at radius 1 is 1.35 bits per heavy atom. The number of nitrogen functional groups attached to an aromatic ring is 1. The average Bonchev–Trinajstić information content (AvgIpc) is 3.12. The van der Waals surface area contributed by atoms with Crippen molar-refractivity contribution in [3.8, 4) is 0 Å². The summed E-state index contributed by atoms with van der Waals surface area (Å²) >= 11 is 5.30. The largest absolute Gasteiger partial charge is 0.447 e. The highest BCUT2D eigenvalue weighted by Gasteiger charge is 2.13. The Morgan fingerprint density at radius 2 is 2.09 bits per heavy atom. The van der Waals surface area contributed by atoms with E-state index in [0.29, 0.717) is 11.4 Å². The third-order valence-electron chi connectivity index (χ3n) is 3.27. The first-order valence-electron chi connectivity index (χ1n) is 6.90. The summed E-state index contributed by atoms with van der Waals surface area (Å²) in [5.74, 6) is 0.518. The van der Waals surface area contributed by atoms with Crippen molar-refractivity contribution < 1.29 is 9.21 Å². The molecule has 0 unspecified atom stereocenters. The quantitative estimate of drug-likeness (QED) is 0.552. The number of aromatic nitrogens is 3. The summed E-state index contributed by atoms with van der Waals surface area (Å²) in [4.78, 5) is 12.3. The van der Waals surface area contributed by atoms with Crippen LogP contribution in [-0.2, 0) is 6.54 Å². The summed E-state index contributed by atoms with van der Waals surface area (Å²) in [6.45, 7) is 1.98. The number of Topliss-reactive ketones (excluding diaryl/α,β-unsaturated/α-hetero) is 1. The van der Waals surface area contributed by atoms with Crippen molar-refractivity contribution in [3.63, 3.8) is 0 Å². The molecule has 0 atom stereocenters. The van der Waals surface area contributed by atoms with Gasteiger partial charge in [-0.15, -0.1) is 5.10 Å². The van der Waals surface area contributed by atoms with Gasteiger partial charge in [0.1, 0.15) is 6.54 Å². The number of hydrogen-bond donors (Lipinski definition) is 2. The van der Waals surface area contributed by atoms with E-state index in [2.05, 4.69) is 10.5 Å². The van der Waals surface area contributed by atoms with Gasteiger partial charge in [-0.25, -0.2) is 4.68 Å². The van der Waals surface area contributed by atoms with Crippen LogP contribution in [0.15, 0.2) is 47.1 Å². The summed E-state index contributed by atoms with van der Waals surface area (Å²) in [5, 5.41) is 4.10. The number of nitrogens with one attached hydrogen (secondary N) is 1. The molecule has 2 heterocycles. The molecular weight excluding hydrogens is 314 g/mol. The van der Waals surface area contributed by atoms with E-state index >= 15 is 0 Å². The molecule has 8 heteroatoms. The lowest BCUT2D eigenvalue weighted by Gasteiger charge is -2.04. The molecule has 23 heavy (non-hydrogen) atoms. The lowest BCUT2D eigenvalue weighted by molar-refractivity contribution is 0.0967. The topological polar surface area (TPSA) is 91.0 Å². The van der Waals surface area contributed by atoms with Crippen molar-refractivity contribution in [2.45, 2.75) is 13.5 Å². The fourth-order valence-electron chi connectivity index (χ4n) is 2.05. The first-order chi connectivity index (χ1) is 11.0. The van der Waals surface area contributed by atoms with E-state index in [0.717, 1.165) is 5.56 Å². The summed E-state index contributed by atoms with van der Waals surface area (Å²) < 4.78 is 8.22. The minimum atomic E-state index is -0.0938. The Hall–Kier alpha value is -2.87. The molecule has 7 nitrogen and oxygen atoms in total. The van der Waals surface area contributed by atoms with E-state index in [-0.39, 0.29) is 23.0 Å². The number of rotatable bonds is 5. The fourth-order valence-corrected chi connectivity index (χ4v) is 2.30. The van der Waals surface area contributed by atoms with Crippen molar-refractivity contribution in [1.29, 1.82) is 0 Å². The molecule has 2 aromatic heterocycles. The predicted octanol–water partition coefficient (Wildman–Crippen LogP) is 2.66. The zero-order chi connectivity index (χ0) is 16.4. The number of carbonyl (C=O) groups is 1. The van der Waals surface area contributed by atoms with Gasteiger partial charge in [-0.1, -0.05) is 29.8 Å². The highest BCUT2D eigenvalue weighted by atomic mass is 32.1. The third kappa shape index (κ3) is 3.16. The van der Waals surface area contributed by atoms with Crippen LogP contribution >= 0.6 is 12.2 Å². The molecule has 3 aromatic rings. The van der Waals surface area contributed by atoms with Crippen LogP contribution in [0.3, 0.4) is 0 Å². The Labute approximate surface area is 137 Å². The van der Waals surface area contributed by atoms with Gasteiger partial charge in [0.2, 0.25) is 16.6 Å². The van der Waals surface area contributed by atoms with E-state index in [1.807, 2.05) is 19.1 Å². The van der Waals surface area contributed by atoms with Gasteiger partial charge in [0, 0.05) is 11.6 Å². The van der Waals surface area contributed by atoms with Crippen molar-refractivity contribution in [1.82, 2.24) is 14.5 Å². The van der Waals surface area contributed by atoms with Crippen LogP contribution in [0.2, 0.25) is 0 Å². The number of ketones is 1. The van der Waals surface area contributed by atoms with E-state index < -0.39 is 0 Å². The molecule has 0 fully saturated rings. The van der Waals surface area contributed by atoms with Crippen LogP contribution in [0.5, 0.6) is 0 Å². The fraction of sp³-hybridized carbons (Fsp3) is 0.133. The maximum atomic E-state index is 12.3. The highest BCUT2D eigenvalue weighted by Crippen LogP contribution is 2.11. The Bertz CT molecular complexity index is 878. The summed E-state index contributed by atoms with van der Waals surface area (Å²) in [7, 11) is 0. The van der Waals surface area contributed by atoms with Crippen LogP contribution in [0, 0.1) is 11.7 Å². The van der Waals surface area contributed by atoms with Crippen molar-refractivity contribution in [3.05, 3.63) is 58.6 Å². The number of nitrogens with zero attached hydrogens (tertiary/aromatic N) is 3. The van der Waals surface area contributed by atoms with Crippen LogP contribution in [0.25, 0.3) is 0 Å². The summed E-state index contributed by atoms with van der Waals surface area (Å²) in [5.41, 5.74) is 10.4. The van der Waals surface area contributed by atoms with Crippen LogP contribution in [0.1, 0.15) is 15.9 Å². The van der Waals surface area contributed by atoms with Gasteiger partial charge in [-0.3, -0.25) is 10.2 Å². The van der Waals surface area contributed by atoms with Crippen molar-refractivity contribution >= 4 is 29.8 Å². The van der Waals surface area contributed by atoms with Crippen LogP contribution < -0.4 is 11.2 Å². The number of benzene rings is 1. The predicted molar refractivity (Wildman–Crippen MR) is 88.7 cm³/mol. The molecule has 0 saturated heterocycles. The number of furan rings is 1. The first kappa shape index (κ1) is 15.0. The molecule has 0 saturated carbocycles. The molecule has 0 spiro atoms. The Balaban J connectivity index is 1.82. The van der Waals surface area contributed by atoms with Gasteiger partial charge in [-0.05, 0) is 25.2 Å². The minimum Gasteiger partial charge on any atom is -0.447 e. The highest BCUT2D eigenvalue weighted by molar-refractivity contribution is 7.71. The maximum absolute atomic E-state index is 12.3. The van der Waals surface area contributed by atoms with Gasteiger partial charge in [-0.2, -0.15) is 4.68 Å². The van der Waals surface area contributed by atoms with Gasteiger partial charge in [0.25, 0.3) is 0 Å². The summed E-state index contributed by atoms with van der Waals surface area (Å²) in [6, 6.07) is 10.8. The second-order valence-corrected chi connectivity index (χ2v) is 5.38. The third-order valence-corrected chi connectivity index (χ3v) is 3.67. The number of carbonyl (C=O) groups excluding carboxylic acids is 1. The number of anilines is 2. The zero-order valence-corrected chi connectivity index (χ0v) is 13.2. The monoisotopic (exact) mass is 329 g/mol. The molecule has 118 valence electrons. The molecule has 0 amide bonds. The second kappa shape index (κ2) is 6.09. The molecule has 0 bridgehead atoms. The first-order valence-corrected chi connectivity index (χ1v) is 7.31. The lowest BCUT2D eigenvalue weighted by Crippen LogP contribution is -2.14. The summed E-state index contributed by atoms with van der Waals surface area (Å²) in [6.07, 6.45) is 1.52. The molecule has 3 rings (SSSR count). The molecule has 3 N–H and O–H groups in total. The van der Waals surface area contributed by atoms with Gasteiger partial charge < -0.3 is 10.2 Å². The van der Waals surface area contributed by atoms with Crippen molar-refractivity contribution in [2.75, 3.05) is 11.2 Å². The average molecular weight is 329 g/mol. The second-order valence-electron chi connectivity index (χ2n) is 5.01. The Morgan fingerprint density at radius 3 is 2.74 bits per heavy atom.